The van der Waals surface area contributed by atoms with Crippen LogP contribution in [0.15, 0.2) is 0 Å². The second-order valence-corrected chi connectivity index (χ2v) is 5.80. The third kappa shape index (κ3) is 5.27. The number of ether oxygens (including phenoxy) is 1. The van der Waals surface area contributed by atoms with Crippen molar-refractivity contribution >= 4 is 0 Å². The SMILES string of the molecule is CCCCCCCNC1CCOC(CC)(CC)C1. The first-order valence-electron chi connectivity index (χ1n) is 8.13. The molecule has 0 radical (unpaired) electrons. The molecule has 2 heteroatoms. The maximum Gasteiger partial charge on any atom is 0.0692 e. The van der Waals surface area contributed by atoms with Crippen LogP contribution in [-0.2, 0) is 4.74 Å². The molecule has 0 aromatic rings. The normalized spacial score (nSPS) is 23.2. The summed E-state index contributed by atoms with van der Waals surface area (Å²) in [5, 5.41) is 3.74. The zero-order valence-corrected chi connectivity index (χ0v) is 12.8. The van der Waals surface area contributed by atoms with Crippen LogP contribution in [0.4, 0.5) is 0 Å². The van der Waals surface area contributed by atoms with Gasteiger partial charge >= 0.3 is 0 Å². The Morgan fingerprint density at radius 1 is 1.06 bits per heavy atom. The summed E-state index contributed by atoms with van der Waals surface area (Å²) in [4.78, 5) is 0. The van der Waals surface area contributed by atoms with Gasteiger partial charge in [-0.2, -0.15) is 0 Å². The smallest absolute Gasteiger partial charge is 0.0692 e. The predicted octanol–water partition coefficient (Wildman–Crippen LogP) is 4.28. The first-order chi connectivity index (χ1) is 8.76. The van der Waals surface area contributed by atoms with Gasteiger partial charge in [-0.15, -0.1) is 0 Å². The minimum atomic E-state index is 0.165. The highest BCUT2D eigenvalue weighted by atomic mass is 16.5. The monoisotopic (exact) mass is 255 g/mol. The summed E-state index contributed by atoms with van der Waals surface area (Å²) in [5.41, 5.74) is 0.165. The molecular weight excluding hydrogens is 222 g/mol. The van der Waals surface area contributed by atoms with Gasteiger partial charge in [0.2, 0.25) is 0 Å². The molecule has 0 bridgehead atoms. The molecule has 1 heterocycles. The first-order valence-corrected chi connectivity index (χ1v) is 8.13. The molecule has 1 atom stereocenters. The molecule has 1 N–H and O–H groups in total. The highest BCUT2D eigenvalue weighted by Crippen LogP contribution is 2.31. The summed E-state index contributed by atoms with van der Waals surface area (Å²) in [6.45, 7) is 8.93. The zero-order chi connectivity index (χ0) is 13.3. The van der Waals surface area contributed by atoms with Crippen LogP contribution >= 0.6 is 0 Å². The van der Waals surface area contributed by atoms with E-state index in [4.69, 9.17) is 4.74 Å². The van der Waals surface area contributed by atoms with Gasteiger partial charge in [-0.3, -0.25) is 0 Å². The third-order valence-electron chi connectivity index (χ3n) is 4.49. The standard InChI is InChI=1S/C16H33NO/c1-4-7-8-9-10-12-17-15-11-13-18-16(5-2,6-3)14-15/h15,17H,4-14H2,1-3H3. The van der Waals surface area contributed by atoms with Gasteiger partial charge in [0, 0.05) is 12.6 Å². The van der Waals surface area contributed by atoms with Crippen LogP contribution < -0.4 is 5.32 Å². The number of hydrogen-bond donors (Lipinski definition) is 1. The molecule has 0 aromatic heterocycles. The van der Waals surface area contributed by atoms with E-state index in [1.807, 2.05) is 0 Å². The van der Waals surface area contributed by atoms with Crippen LogP contribution in [0.25, 0.3) is 0 Å². The van der Waals surface area contributed by atoms with Crippen molar-refractivity contribution in [2.75, 3.05) is 13.2 Å². The Labute approximate surface area is 114 Å². The van der Waals surface area contributed by atoms with Crippen molar-refractivity contribution in [2.24, 2.45) is 0 Å². The summed E-state index contributed by atoms with van der Waals surface area (Å²) in [6.07, 6.45) is 11.6. The van der Waals surface area contributed by atoms with Gasteiger partial charge in [0.05, 0.1) is 5.60 Å². The van der Waals surface area contributed by atoms with Gasteiger partial charge in [-0.05, 0) is 38.6 Å². The van der Waals surface area contributed by atoms with Crippen molar-refractivity contribution in [1.29, 1.82) is 0 Å². The zero-order valence-electron chi connectivity index (χ0n) is 12.8. The fraction of sp³-hybridized carbons (Fsp3) is 1.00. The van der Waals surface area contributed by atoms with Crippen molar-refractivity contribution < 1.29 is 4.74 Å². The number of unbranched alkanes of at least 4 members (excludes halogenated alkanes) is 4. The average Bonchev–Trinajstić information content (AvgIpc) is 2.43. The van der Waals surface area contributed by atoms with Crippen LogP contribution in [0.1, 0.15) is 78.6 Å². The molecule has 1 saturated heterocycles. The molecule has 108 valence electrons. The van der Waals surface area contributed by atoms with Gasteiger partial charge in [0.15, 0.2) is 0 Å². The lowest BCUT2D eigenvalue weighted by molar-refractivity contribution is -0.0929. The van der Waals surface area contributed by atoms with E-state index < -0.39 is 0 Å². The van der Waals surface area contributed by atoms with Crippen molar-refractivity contribution in [3.8, 4) is 0 Å². The van der Waals surface area contributed by atoms with Crippen molar-refractivity contribution in [2.45, 2.75) is 90.2 Å². The van der Waals surface area contributed by atoms with Crippen molar-refractivity contribution in [3.63, 3.8) is 0 Å². The Morgan fingerprint density at radius 3 is 2.44 bits per heavy atom. The lowest BCUT2D eigenvalue weighted by atomic mass is 9.86. The maximum absolute atomic E-state index is 6.01. The summed E-state index contributed by atoms with van der Waals surface area (Å²) >= 11 is 0. The van der Waals surface area contributed by atoms with Crippen LogP contribution in [0.5, 0.6) is 0 Å². The van der Waals surface area contributed by atoms with E-state index in [0.29, 0.717) is 6.04 Å². The van der Waals surface area contributed by atoms with Crippen molar-refractivity contribution in [1.82, 2.24) is 5.32 Å². The highest BCUT2D eigenvalue weighted by Gasteiger charge is 2.33. The Bertz CT molecular complexity index is 201. The largest absolute Gasteiger partial charge is 0.375 e. The Balaban J connectivity index is 2.14. The summed E-state index contributed by atoms with van der Waals surface area (Å²) in [5.74, 6) is 0. The minimum absolute atomic E-state index is 0.165. The highest BCUT2D eigenvalue weighted by molar-refractivity contribution is 4.87. The Hall–Kier alpha value is -0.0800. The van der Waals surface area contributed by atoms with Gasteiger partial charge < -0.3 is 10.1 Å². The second kappa shape index (κ2) is 8.92. The average molecular weight is 255 g/mol. The molecule has 1 aliphatic heterocycles. The molecule has 2 nitrogen and oxygen atoms in total. The van der Waals surface area contributed by atoms with Crippen LogP contribution in [0.3, 0.4) is 0 Å². The van der Waals surface area contributed by atoms with E-state index in [0.717, 1.165) is 19.4 Å². The number of nitrogens with one attached hydrogen (secondary N) is 1. The van der Waals surface area contributed by atoms with E-state index in [1.165, 1.54) is 51.5 Å². The van der Waals surface area contributed by atoms with Gasteiger partial charge in [0.1, 0.15) is 0 Å². The quantitative estimate of drug-likeness (QED) is 0.621. The van der Waals surface area contributed by atoms with Crippen LogP contribution in [-0.4, -0.2) is 24.8 Å². The van der Waals surface area contributed by atoms with Gasteiger partial charge in [-0.1, -0.05) is 46.5 Å². The number of hydrogen-bond acceptors (Lipinski definition) is 2. The van der Waals surface area contributed by atoms with Gasteiger partial charge in [0.25, 0.3) is 0 Å². The fourth-order valence-electron chi connectivity index (χ4n) is 2.98. The minimum Gasteiger partial charge on any atom is -0.375 e. The van der Waals surface area contributed by atoms with E-state index in [2.05, 4.69) is 26.1 Å². The van der Waals surface area contributed by atoms with Crippen LogP contribution in [0.2, 0.25) is 0 Å². The topological polar surface area (TPSA) is 21.3 Å². The summed E-state index contributed by atoms with van der Waals surface area (Å²) < 4.78 is 6.01. The molecule has 1 fully saturated rings. The Kier molecular flexibility index (Phi) is 7.92. The summed E-state index contributed by atoms with van der Waals surface area (Å²) in [6, 6.07) is 0.685. The molecule has 0 amide bonds. The van der Waals surface area contributed by atoms with E-state index in [-0.39, 0.29) is 5.60 Å². The molecule has 1 unspecified atom stereocenters. The lowest BCUT2D eigenvalue weighted by Gasteiger charge is -2.40. The molecule has 0 spiro atoms. The first kappa shape index (κ1) is 16.0. The Morgan fingerprint density at radius 2 is 1.78 bits per heavy atom. The second-order valence-electron chi connectivity index (χ2n) is 5.80. The third-order valence-corrected chi connectivity index (χ3v) is 4.49. The van der Waals surface area contributed by atoms with E-state index in [1.54, 1.807) is 0 Å². The number of rotatable bonds is 9. The molecule has 1 rings (SSSR count). The van der Waals surface area contributed by atoms with E-state index in [9.17, 15) is 0 Å². The fourth-order valence-corrected chi connectivity index (χ4v) is 2.98. The van der Waals surface area contributed by atoms with Crippen molar-refractivity contribution in [3.05, 3.63) is 0 Å². The molecule has 0 saturated carbocycles. The van der Waals surface area contributed by atoms with E-state index >= 15 is 0 Å². The lowest BCUT2D eigenvalue weighted by Crippen LogP contribution is -2.46. The van der Waals surface area contributed by atoms with Gasteiger partial charge in [-0.25, -0.2) is 0 Å². The van der Waals surface area contributed by atoms with Crippen LogP contribution in [0, 0.1) is 0 Å². The molecular formula is C16H33NO. The molecule has 18 heavy (non-hydrogen) atoms. The molecule has 1 aliphatic rings. The maximum atomic E-state index is 6.01. The summed E-state index contributed by atoms with van der Waals surface area (Å²) in [7, 11) is 0. The molecule has 0 aromatic carbocycles. The predicted molar refractivity (Wildman–Crippen MR) is 79.0 cm³/mol. The molecule has 0 aliphatic carbocycles.